The highest BCUT2D eigenvalue weighted by Gasteiger charge is 2.34. The van der Waals surface area contributed by atoms with Crippen LogP contribution < -0.4 is 10.6 Å². The molecule has 2 aliphatic heterocycles. The van der Waals surface area contributed by atoms with E-state index in [9.17, 15) is 4.79 Å². The number of cyclic esters (lactones) is 1. The molecule has 0 aliphatic carbocycles. The summed E-state index contributed by atoms with van der Waals surface area (Å²) >= 11 is 0. The number of alkyl halides is 1. The lowest BCUT2D eigenvalue weighted by Crippen LogP contribution is -2.37. The molecule has 2 aromatic rings. The van der Waals surface area contributed by atoms with E-state index in [1.807, 2.05) is 12.1 Å². The number of aromatic nitrogens is 2. The molecule has 0 spiro atoms. The minimum atomic E-state index is -1.34. The number of rotatable bonds is 3. The molecule has 3 heterocycles. The van der Waals surface area contributed by atoms with Crippen LogP contribution in [0.4, 0.5) is 20.8 Å². The molecule has 2 saturated heterocycles. The summed E-state index contributed by atoms with van der Waals surface area (Å²) in [5, 5.41) is 0. The van der Waals surface area contributed by atoms with Gasteiger partial charge in [-0.15, -0.1) is 0 Å². The molecule has 1 amide bonds. The van der Waals surface area contributed by atoms with Gasteiger partial charge in [0.05, 0.1) is 24.2 Å². The molecule has 2 aliphatic rings. The van der Waals surface area contributed by atoms with Crippen molar-refractivity contribution in [2.24, 2.45) is 0 Å². The van der Waals surface area contributed by atoms with Gasteiger partial charge in [-0.2, -0.15) is 0 Å². The molecule has 7 nitrogen and oxygen atoms in total. The number of imidazole rings is 1. The van der Waals surface area contributed by atoms with Crippen LogP contribution in [0.2, 0.25) is 0 Å². The van der Waals surface area contributed by atoms with Gasteiger partial charge in [0.1, 0.15) is 5.67 Å². The first kappa shape index (κ1) is 16.1. The molecule has 0 saturated carbocycles. The summed E-state index contributed by atoms with van der Waals surface area (Å²) in [4.78, 5) is 17.8. The lowest BCUT2D eigenvalue weighted by atomic mass is 9.96. The number of nitrogen functional groups attached to an aromatic ring is 1. The topological polar surface area (TPSA) is 82.6 Å². The number of nitrogens with zero attached hydrogens (tertiary/aromatic N) is 3. The zero-order valence-electron chi connectivity index (χ0n) is 13.9. The van der Waals surface area contributed by atoms with Crippen LogP contribution in [0, 0.1) is 0 Å². The number of anilines is 2. The Hall–Kier alpha value is -2.35. The summed E-state index contributed by atoms with van der Waals surface area (Å²) < 4.78 is 27.0. The third-order valence-electron chi connectivity index (χ3n) is 4.88. The summed E-state index contributed by atoms with van der Waals surface area (Å²) in [6.07, 6.45) is 1.13. The zero-order chi connectivity index (χ0) is 17.4. The maximum absolute atomic E-state index is 15.0. The Morgan fingerprint density at radius 1 is 1.28 bits per heavy atom. The normalized spacial score (nSPS) is 20.7. The highest BCUT2D eigenvalue weighted by molar-refractivity contribution is 5.92. The maximum Gasteiger partial charge on any atom is 0.414 e. The van der Waals surface area contributed by atoms with E-state index < -0.39 is 5.67 Å². The highest BCUT2D eigenvalue weighted by Crippen LogP contribution is 2.31. The van der Waals surface area contributed by atoms with Gasteiger partial charge in [-0.3, -0.25) is 4.90 Å². The molecule has 0 bridgehead atoms. The summed E-state index contributed by atoms with van der Waals surface area (Å²) in [5.41, 5.74) is 6.81. The molecule has 0 atom stereocenters. The van der Waals surface area contributed by atoms with Gasteiger partial charge in [0, 0.05) is 38.3 Å². The van der Waals surface area contributed by atoms with Crippen molar-refractivity contribution in [3.63, 3.8) is 0 Å². The van der Waals surface area contributed by atoms with Gasteiger partial charge in [-0.1, -0.05) is 0 Å². The number of carbonyl (C=O) groups is 1. The van der Waals surface area contributed by atoms with E-state index in [-0.39, 0.29) is 18.6 Å². The van der Waals surface area contributed by atoms with E-state index in [4.69, 9.17) is 15.2 Å². The van der Waals surface area contributed by atoms with Crippen molar-refractivity contribution in [3.05, 3.63) is 18.2 Å². The van der Waals surface area contributed by atoms with Gasteiger partial charge >= 0.3 is 6.09 Å². The Morgan fingerprint density at radius 3 is 2.84 bits per heavy atom. The van der Waals surface area contributed by atoms with Crippen molar-refractivity contribution in [3.8, 4) is 0 Å². The fraction of sp³-hybridized carbons (Fsp3) is 0.529. The molecule has 25 heavy (non-hydrogen) atoms. The molecule has 0 radical (unpaired) electrons. The molecule has 1 aromatic carbocycles. The quantitative estimate of drug-likeness (QED) is 0.921. The number of nitrogens with two attached hydrogens (primary N) is 1. The molecule has 2 N–H and O–H groups in total. The minimum Gasteiger partial charge on any atom is -0.449 e. The van der Waals surface area contributed by atoms with E-state index in [0.29, 0.717) is 50.4 Å². The fourth-order valence-electron chi connectivity index (χ4n) is 3.44. The van der Waals surface area contributed by atoms with E-state index in [1.165, 1.54) is 0 Å². The standard InChI is InChI=1S/C17H21FN4O3/c18-17(4-8-24-9-5-17)11-22-14-3-2-12(10-13(14)20-15(22)19)21-6-1-7-25-16(21)23/h2-3,10H,1,4-9,11H2,(H2,19,20). The molecule has 2 fully saturated rings. The van der Waals surface area contributed by atoms with E-state index >= 15 is 4.39 Å². The van der Waals surface area contributed by atoms with Gasteiger partial charge in [0.15, 0.2) is 0 Å². The van der Waals surface area contributed by atoms with Crippen LogP contribution in [0.1, 0.15) is 19.3 Å². The number of hydrogen-bond donors (Lipinski definition) is 1. The van der Waals surface area contributed by atoms with Crippen molar-refractivity contribution in [1.29, 1.82) is 0 Å². The Kier molecular flexibility index (Phi) is 3.99. The second-order valence-corrected chi connectivity index (χ2v) is 6.61. The Balaban J connectivity index is 1.65. The van der Waals surface area contributed by atoms with Crippen molar-refractivity contribution < 1.29 is 18.7 Å². The van der Waals surface area contributed by atoms with Crippen LogP contribution in [0.5, 0.6) is 0 Å². The van der Waals surface area contributed by atoms with E-state index in [0.717, 1.165) is 11.9 Å². The van der Waals surface area contributed by atoms with Crippen LogP contribution in [0.3, 0.4) is 0 Å². The average molecular weight is 348 g/mol. The largest absolute Gasteiger partial charge is 0.449 e. The van der Waals surface area contributed by atoms with Crippen LogP contribution in [0.25, 0.3) is 11.0 Å². The monoisotopic (exact) mass is 348 g/mol. The molecule has 8 heteroatoms. The summed E-state index contributed by atoms with van der Waals surface area (Å²) in [6, 6.07) is 5.45. The summed E-state index contributed by atoms with van der Waals surface area (Å²) in [5.74, 6) is 0.275. The third kappa shape index (κ3) is 3.02. The Morgan fingerprint density at radius 2 is 2.08 bits per heavy atom. The van der Waals surface area contributed by atoms with Crippen LogP contribution >= 0.6 is 0 Å². The Labute approximate surface area is 144 Å². The number of hydrogen-bond acceptors (Lipinski definition) is 5. The second kappa shape index (κ2) is 6.18. The molecule has 0 unspecified atom stereocenters. The second-order valence-electron chi connectivity index (χ2n) is 6.61. The number of benzene rings is 1. The number of carbonyl (C=O) groups excluding carboxylic acids is 1. The zero-order valence-corrected chi connectivity index (χ0v) is 13.9. The SMILES string of the molecule is Nc1nc2cc(N3CCCOC3=O)ccc2n1CC1(F)CCOCC1. The first-order valence-electron chi connectivity index (χ1n) is 8.52. The summed E-state index contributed by atoms with van der Waals surface area (Å²) in [6.45, 7) is 2.05. The average Bonchev–Trinajstić information content (AvgIpc) is 2.90. The van der Waals surface area contributed by atoms with Gasteiger partial charge in [-0.25, -0.2) is 14.2 Å². The maximum atomic E-state index is 15.0. The molecular formula is C17H21FN4O3. The first-order chi connectivity index (χ1) is 12.1. The van der Waals surface area contributed by atoms with Gasteiger partial charge in [-0.05, 0) is 24.6 Å². The van der Waals surface area contributed by atoms with Crippen LogP contribution in [-0.4, -0.2) is 47.7 Å². The van der Waals surface area contributed by atoms with E-state index in [2.05, 4.69) is 4.98 Å². The van der Waals surface area contributed by atoms with Crippen molar-refractivity contribution >= 4 is 28.8 Å². The number of amides is 1. The Bertz CT molecular complexity index is 801. The number of fused-ring (bicyclic) bond motifs is 1. The summed E-state index contributed by atoms with van der Waals surface area (Å²) in [7, 11) is 0. The lowest BCUT2D eigenvalue weighted by Gasteiger charge is -2.30. The van der Waals surface area contributed by atoms with Crippen molar-refractivity contribution in [2.45, 2.75) is 31.5 Å². The minimum absolute atomic E-state index is 0.157. The van der Waals surface area contributed by atoms with Crippen LogP contribution in [-0.2, 0) is 16.0 Å². The van der Waals surface area contributed by atoms with Crippen molar-refractivity contribution in [1.82, 2.24) is 9.55 Å². The van der Waals surface area contributed by atoms with Crippen LogP contribution in [0.15, 0.2) is 18.2 Å². The van der Waals surface area contributed by atoms with Crippen molar-refractivity contribution in [2.75, 3.05) is 37.0 Å². The highest BCUT2D eigenvalue weighted by atomic mass is 19.1. The smallest absolute Gasteiger partial charge is 0.414 e. The predicted octanol–water partition coefficient (Wildman–Crippen LogP) is 2.48. The van der Waals surface area contributed by atoms with Gasteiger partial charge < -0.3 is 19.8 Å². The number of halogens is 1. The molecule has 4 rings (SSSR count). The third-order valence-corrected chi connectivity index (χ3v) is 4.88. The lowest BCUT2D eigenvalue weighted by molar-refractivity contribution is -0.0168. The van der Waals surface area contributed by atoms with Gasteiger partial charge in [0.25, 0.3) is 0 Å². The number of ether oxygens (including phenoxy) is 2. The predicted molar refractivity (Wildman–Crippen MR) is 91.3 cm³/mol. The van der Waals surface area contributed by atoms with E-state index in [1.54, 1.807) is 15.5 Å². The van der Waals surface area contributed by atoms with Gasteiger partial charge in [0.2, 0.25) is 5.95 Å². The molecule has 134 valence electrons. The fourth-order valence-corrected chi connectivity index (χ4v) is 3.44. The molecular weight excluding hydrogens is 327 g/mol. The molecule has 1 aromatic heterocycles. The first-order valence-corrected chi connectivity index (χ1v) is 8.52.